The van der Waals surface area contributed by atoms with E-state index in [9.17, 15) is 0 Å². The third-order valence-corrected chi connectivity index (χ3v) is 3.63. The molecule has 1 fully saturated rings. The van der Waals surface area contributed by atoms with Gasteiger partial charge in [-0.3, -0.25) is 4.90 Å². The lowest BCUT2D eigenvalue weighted by molar-refractivity contribution is 0.178. The van der Waals surface area contributed by atoms with E-state index in [1.807, 2.05) is 0 Å². The second kappa shape index (κ2) is 8.08. The normalized spacial score (nSPS) is 18.0. The van der Waals surface area contributed by atoms with Crippen LogP contribution in [0.5, 0.6) is 0 Å². The summed E-state index contributed by atoms with van der Waals surface area (Å²) in [6.07, 6.45) is 10.9. The van der Waals surface area contributed by atoms with Crippen LogP contribution in [0, 0.1) is 0 Å². The van der Waals surface area contributed by atoms with Crippen LogP contribution < -0.4 is 5.73 Å². The zero-order valence-electron chi connectivity index (χ0n) is 11.3. The molecule has 1 unspecified atom stereocenters. The van der Waals surface area contributed by atoms with E-state index in [4.69, 9.17) is 5.73 Å². The third-order valence-electron chi connectivity index (χ3n) is 3.63. The summed E-state index contributed by atoms with van der Waals surface area (Å²) >= 11 is 0. The predicted molar refractivity (Wildman–Crippen MR) is 71.6 cm³/mol. The Morgan fingerprint density at radius 2 is 1.88 bits per heavy atom. The van der Waals surface area contributed by atoms with E-state index in [0.29, 0.717) is 6.04 Å². The van der Waals surface area contributed by atoms with E-state index in [-0.39, 0.29) is 0 Å². The Morgan fingerprint density at radius 3 is 2.38 bits per heavy atom. The summed E-state index contributed by atoms with van der Waals surface area (Å²) in [6, 6.07) is 1.53. The second-order valence-electron chi connectivity index (χ2n) is 5.21. The Kier molecular flexibility index (Phi) is 7.06. The molecule has 1 rings (SSSR count). The molecular formula is C14H30N2. The Bertz CT molecular complexity index is 166. The van der Waals surface area contributed by atoms with Crippen molar-refractivity contribution in [1.29, 1.82) is 0 Å². The van der Waals surface area contributed by atoms with Gasteiger partial charge in [-0.1, -0.05) is 39.5 Å². The molecule has 0 aromatic rings. The molecule has 0 amide bonds. The van der Waals surface area contributed by atoms with Crippen LogP contribution in [0.15, 0.2) is 0 Å². The van der Waals surface area contributed by atoms with E-state index in [1.54, 1.807) is 0 Å². The number of rotatable bonds is 10. The lowest BCUT2D eigenvalue weighted by atomic mass is 10.1. The van der Waals surface area contributed by atoms with Crippen molar-refractivity contribution < 1.29 is 0 Å². The summed E-state index contributed by atoms with van der Waals surface area (Å²) in [7, 11) is 0. The molecule has 96 valence electrons. The Morgan fingerprint density at radius 1 is 1.12 bits per heavy atom. The Balaban J connectivity index is 2.25. The van der Waals surface area contributed by atoms with Gasteiger partial charge in [-0.05, 0) is 32.2 Å². The SMILES string of the molecule is CCCCCCC(CN)N(CCC)C1CC1. The molecule has 0 saturated heterocycles. The minimum Gasteiger partial charge on any atom is -0.329 e. The standard InChI is InChI=1S/C14H30N2/c1-3-5-6-7-8-14(12-15)16(11-4-2)13-9-10-13/h13-14H,3-12,15H2,1-2H3. The van der Waals surface area contributed by atoms with Gasteiger partial charge in [0.05, 0.1) is 0 Å². The quantitative estimate of drug-likeness (QED) is 0.580. The van der Waals surface area contributed by atoms with Crippen molar-refractivity contribution in [3.8, 4) is 0 Å². The van der Waals surface area contributed by atoms with Crippen molar-refractivity contribution in [3.05, 3.63) is 0 Å². The van der Waals surface area contributed by atoms with E-state index in [2.05, 4.69) is 18.7 Å². The summed E-state index contributed by atoms with van der Waals surface area (Å²) in [4.78, 5) is 2.69. The van der Waals surface area contributed by atoms with Gasteiger partial charge in [-0.25, -0.2) is 0 Å². The van der Waals surface area contributed by atoms with Gasteiger partial charge in [0.1, 0.15) is 0 Å². The lowest BCUT2D eigenvalue weighted by Crippen LogP contribution is -2.42. The van der Waals surface area contributed by atoms with Crippen LogP contribution in [0.2, 0.25) is 0 Å². The molecule has 2 N–H and O–H groups in total. The predicted octanol–water partition coefficient (Wildman–Crippen LogP) is 3.16. The maximum absolute atomic E-state index is 5.94. The fourth-order valence-electron chi connectivity index (χ4n) is 2.55. The number of nitrogens with two attached hydrogens (primary N) is 1. The summed E-state index contributed by atoms with van der Waals surface area (Å²) in [6.45, 7) is 6.65. The average molecular weight is 226 g/mol. The number of hydrogen-bond acceptors (Lipinski definition) is 2. The van der Waals surface area contributed by atoms with Crippen LogP contribution in [0.4, 0.5) is 0 Å². The van der Waals surface area contributed by atoms with E-state index in [1.165, 1.54) is 57.9 Å². The van der Waals surface area contributed by atoms with Crippen molar-refractivity contribution >= 4 is 0 Å². The van der Waals surface area contributed by atoms with E-state index < -0.39 is 0 Å². The maximum Gasteiger partial charge on any atom is 0.0221 e. The van der Waals surface area contributed by atoms with Crippen LogP contribution in [-0.4, -0.2) is 30.1 Å². The molecule has 1 aliphatic carbocycles. The number of nitrogens with zero attached hydrogens (tertiary/aromatic N) is 1. The third kappa shape index (κ3) is 4.84. The Labute approximate surface area is 102 Å². The molecule has 0 heterocycles. The van der Waals surface area contributed by atoms with Crippen LogP contribution in [-0.2, 0) is 0 Å². The van der Waals surface area contributed by atoms with Crippen molar-refractivity contribution in [2.75, 3.05) is 13.1 Å². The second-order valence-corrected chi connectivity index (χ2v) is 5.21. The molecular weight excluding hydrogens is 196 g/mol. The zero-order valence-corrected chi connectivity index (χ0v) is 11.3. The Hall–Kier alpha value is -0.0800. The number of unbranched alkanes of at least 4 members (excludes halogenated alkanes) is 3. The summed E-state index contributed by atoms with van der Waals surface area (Å²) in [5.74, 6) is 0. The van der Waals surface area contributed by atoms with Crippen LogP contribution >= 0.6 is 0 Å². The molecule has 0 aliphatic heterocycles. The topological polar surface area (TPSA) is 29.3 Å². The highest BCUT2D eigenvalue weighted by Crippen LogP contribution is 2.29. The molecule has 16 heavy (non-hydrogen) atoms. The highest BCUT2D eigenvalue weighted by Gasteiger charge is 2.32. The first-order valence-corrected chi connectivity index (χ1v) is 7.29. The zero-order chi connectivity index (χ0) is 11.8. The van der Waals surface area contributed by atoms with Gasteiger partial charge in [0.25, 0.3) is 0 Å². The van der Waals surface area contributed by atoms with Gasteiger partial charge in [-0.2, -0.15) is 0 Å². The molecule has 1 saturated carbocycles. The molecule has 0 aromatic carbocycles. The lowest BCUT2D eigenvalue weighted by Gasteiger charge is -2.30. The largest absolute Gasteiger partial charge is 0.329 e. The highest BCUT2D eigenvalue weighted by atomic mass is 15.2. The highest BCUT2D eigenvalue weighted by molar-refractivity contribution is 4.88. The smallest absolute Gasteiger partial charge is 0.0221 e. The van der Waals surface area contributed by atoms with Gasteiger partial charge in [-0.15, -0.1) is 0 Å². The minimum absolute atomic E-state index is 0.657. The van der Waals surface area contributed by atoms with Gasteiger partial charge in [0, 0.05) is 18.6 Å². The summed E-state index contributed by atoms with van der Waals surface area (Å²) < 4.78 is 0. The maximum atomic E-state index is 5.94. The first-order valence-electron chi connectivity index (χ1n) is 7.29. The summed E-state index contributed by atoms with van der Waals surface area (Å²) in [5, 5.41) is 0. The first kappa shape index (κ1) is 14.0. The summed E-state index contributed by atoms with van der Waals surface area (Å²) in [5.41, 5.74) is 5.94. The van der Waals surface area contributed by atoms with Gasteiger partial charge < -0.3 is 5.73 Å². The fourth-order valence-corrected chi connectivity index (χ4v) is 2.55. The van der Waals surface area contributed by atoms with Crippen LogP contribution in [0.3, 0.4) is 0 Å². The van der Waals surface area contributed by atoms with Crippen molar-refractivity contribution in [2.45, 2.75) is 77.3 Å². The molecule has 1 atom stereocenters. The van der Waals surface area contributed by atoms with Crippen molar-refractivity contribution in [1.82, 2.24) is 4.90 Å². The average Bonchev–Trinajstić information content (AvgIpc) is 3.11. The minimum atomic E-state index is 0.657. The molecule has 1 aliphatic rings. The number of hydrogen-bond donors (Lipinski definition) is 1. The molecule has 2 nitrogen and oxygen atoms in total. The monoisotopic (exact) mass is 226 g/mol. The molecule has 0 bridgehead atoms. The molecule has 0 aromatic heterocycles. The molecule has 2 heteroatoms. The first-order chi connectivity index (χ1) is 7.83. The van der Waals surface area contributed by atoms with Crippen molar-refractivity contribution in [2.24, 2.45) is 5.73 Å². The van der Waals surface area contributed by atoms with Gasteiger partial charge in [0.2, 0.25) is 0 Å². The van der Waals surface area contributed by atoms with Crippen LogP contribution in [0.25, 0.3) is 0 Å². The molecule has 0 spiro atoms. The van der Waals surface area contributed by atoms with E-state index in [0.717, 1.165) is 12.6 Å². The fraction of sp³-hybridized carbons (Fsp3) is 1.00. The van der Waals surface area contributed by atoms with Crippen molar-refractivity contribution in [3.63, 3.8) is 0 Å². The van der Waals surface area contributed by atoms with E-state index >= 15 is 0 Å². The van der Waals surface area contributed by atoms with Gasteiger partial charge in [0.15, 0.2) is 0 Å². The van der Waals surface area contributed by atoms with Gasteiger partial charge >= 0.3 is 0 Å². The molecule has 0 radical (unpaired) electrons. The van der Waals surface area contributed by atoms with Crippen LogP contribution in [0.1, 0.15) is 65.2 Å².